The molecule has 3 rings (SSSR count). The van der Waals surface area contributed by atoms with Crippen LogP contribution in [0.3, 0.4) is 0 Å². The van der Waals surface area contributed by atoms with Gasteiger partial charge in [-0.1, -0.05) is 35.3 Å². The molecular formula is C19H19Cl2N3O2. The van der Waals surface area contributed by atoms with Crippen LogP contribution >= 0.6 is 23.2 Å². The number of aryl methyl sites for hydroxylation is 1. The van der Waals surface area contributed by atoms with E-state index in [0.29, 0.717) is 15.7 Å². The van der Waals surface area contributed by atoms with Crippen LogP contribution in [0, 0.1) is 0 Å². The van der Waals surface area contributed by atoms with E-state index < -0.39 is 6.03 Å². The number of hydrogen-bond donors (Lipinski definition) is 3. The van der Waals surface area contributed by atoms with Gasteiger partial charge >= 0.3 is 6.03 Å². The number of rotatable bonds is 4. The van der Waals surface area contributed by atoms with Crippen LogP contribution in [0.1, 0.15) is 24.0 Å². The van der Waals surface area contributed by atoms with E-state index in [4.69, 9.17) is 23.2 Å². The molecule has 0 fully saturated rings. The zero-order chi connectivity index (χ0) is 18.5. The number of halogens is 2. The van der Waals surface area contributed by atoms with Crippen molar-refractivity contribution < 1.29 is 9.59 Å². The summed E-state index contributed by atoms with van der Waals surface area (Å²) in [6.07, 6.45) is 4.29. The number of carbonyl (C=O) groups excluding carboxylic acids is 2. The molecule has 2 aromatic rings. The third kappa shape index (κ3) is 4.68. The quantitative estimate of drug-likeness (QED) is 0.710. The zero-order valence-corrected chi connectivity index (χ0v) is 15.6. The van der Waals surface area contributed by atoms with Gasteiger partial charge < -0.3 is 16.0 Å². The van der Waals surface area contributed by atoms with Crippen molar-refractivity contribution in [2.75, 3.05) is 17.2 Å². The van der Waals surface area contributed by atoms with E-state index >= 15 is 0 Å². The van der Waals surface area contributed by atoms with Gasteiger partial charge in [0.2, 0.25) is 5.91 Å². The number of amides is 3. The summed E-state index contributed by atoms with van der Waals surface area (Å²) >= 11 is 11.9. The first-order valence-corrected chi connectivity index (χ1v) is 9.19. The van der Waals surface area contributed by atoms with Crippen molar-refractivity contribution in [3.63, 3.8) is 0 Å². The number of hydrogen-bond acceptors (Lipinski definition) is 2. The summed E-state index contributed by atoms with van der Waals surface area (Å²) in [7, 11) is 0. The lowest BCUT2D eigenvalue weighted by Gasteiger charge is -2.19. The van der Waals surface area contributed by atoms with Crippen LogP contribution in [-0.4, -0.2) is 18.5 Å². The maximum Gasteiger partial charge on any atom is 0.319 e. The van der Waals surface area contributed by atoms with Gasteiger partial charge in [0.15, 0.2) is 0 Å². The standard InChI is InChI=1S/C19H19Cl2N3O2/c20-13-8-9-15(21)17(10-13)23-18(25)11-22-19(26)24-16-7-3-5-12-4-1-2-6-14(12)16/h3,5,7-10H,1-2,4,6,11H2,(H,23,25)(H2,22,24,26). The minimum atomic E-state index is -0.420. The van der Waals surface area contributed by atoms with Crippen molar-refractivity contribution in [3.05, 3.63) is 57.6 Å². The average molecular weight is 392 g/mol. The Kier molecular flexibility index (Phi) is 6.01. The zero-order valence-electron chi connectivity index (χ0n) is 14.1. The predicted molar refractivity (Wildman–Crippen MR) is 105 cm³/mol. The largest absolute Gasteiger partial charge is 0.329 e. The summed E-state index contributed by atoms with van der Waals surface area (Å²) in [6, 6.07) is 10.3. The Morgan fingerprint density at radius 2 is 1.77 bits per heavy atom. The van der Waals surface area contributed by atoms with Crippen molar-refractivity contribution >= 4 is 46.5 Å². The summed E-state index contributed by atoms with van der Waals surface area (Å²) in [4.78, 5) is 24.1. The van der Waals surface area contributed by atoms with Gasteiger partial charge in [0.25, 0.3) is 0 Å². The Balaban J connectivity index is 1.54. The molecule has 3 N–H and O–H groups in total. The van der Waals surface area contributed by atoms with Gasteiger partial charge in [-0.25, -0.2) is 4.79 Å². The lowest BCUT2D eigenvalue weighted by Crippen LogP contribution is -2.36. The summed E-state index contributed by atoms with van der Waals surface area (Å²) in [5.74, 6) is -0.389. The first kappa shape index (κ1) is 18.5. The van der Waals surface area contributed by atoms with E-state index in [1.54, 1.807) is 18.2 Å². The topological polar surface area (TPSA) is 70.2 Å². The van der Waals surface area contributed by atoms with Gasteiger partial charge in [-0.05, 0) is 61.1 Å². The van der Waals surface area contributed by atoms with Gasteiger partial charge in [0.05, 0.1) is 17.3 Å². The maximum atomic E-state index is 12.1. The van der Waals surface area contributed by atoms with E-state index in [0.717, 1.165) is 24.9 Å². The van der Waals surface area contributed by atoms with Crippen molar-refractivity contribution in [3.8, 4) is 0 Å². The molecule has 0 bridgehead atoms. The average Bonchev–Trinajstić information content (AvgIpc) is 2.63. The Morgan fingerprint density at radius 3 is 2.62 bits per heavy atom. The highest BCUT2D eigenvalue weighted by Gasteiger charge is 2.15. The van der Waals surface area contributed by atoms with Gasteiger partial charge in [-0.2, -0.15) is 0 Å². The van der Waals surface area contributed by atoms with E-state index in [-0.39, 0.29) is 12.5 Å². The molecule has 0 radical (unpaired) electrons. The normalized spacial score (nSPS) is 12.8. The first-order chi connectivity index (χ1) is 12.5. The number of fused-ring (bicyclic) bond motifs is 1. The van der Waals surface area contributed by atoms with Gasteiger partial charge in [0, 0.05) is 10.7 Å². The number of benzene rings is 2. The van der Waals surface area contributed by atoms with Crippen LogP contribution in [0.4, 0.5) is 16.2 Å². The van der Waals surface area contributed by atoms with Crippen molar-refractivity contribution in [1.29, 1.82) is 0 Å². The third-order valence-electron chi connectivity index (χ3n) is 4.26. The molecule has 5 nitrogen and oxygen atoms in total. The highest BCUT2D eigenvalue weighted by atomic mass is 35.5. The highest BCUT2D eigenvalue weighted by Crippen LogP contribution is 2.28. The molecule has 136 valence electrons. The van der Waals surface area contributed by atoms with Crippen LogP contribution < -0.4 is 16.0 Å². The smallest absolute Gasteiger partial charge is 0.319 e. The van der Waals surface area contributed by atoms with Crippen LogP contribution in [0.2, 0.25) is 10.0 Å². The Labute approximate surface area is 162 Å². The minimum absolute atomic E-state index is 0.177. The number of anilines is 2. The van der Waals surface area contributed by atoms with Crippen LogP contribution in [0.15, 0.2) is 36.4 Å². The molecule has 26 heavy (non-hydrogen) atoms. The second-order valence-electron chi connectivity index (χ2n) is 6.13. The fourth-order valence-corrected chi connectivity index (χ4v) is 3.35. The SMILES string of the molecule is O=C(CNC(=O)Nc1cccc2c1CCCC2)Nc1cc(Cl)ccc1Cl. The summed E-state index contributed by atoms with van der Waals surface area (Å²) in [5.41, 5.74) is 3.67. The lowest BCUT2D eigenvalue weighted by atomic mass is 9.90. The van der Waals surface area contributed by atoms with E-state index in [1.165, 1.54) is 17.5 Å². The molecule has 7 heteroatoms. The van der Waals surface area contributed by atoms with E-state index in [1.807, 2.05) is 12.1 Å². The van der Waals surface area contributed by atoms with Crippen molar-refractivity contribution in [2.45, 2.75) is 25.7 Å². The van der Waals surface area contributed by atoms with Crippen LogP contribution in [-0.2, 0) is 17.6 Å². The Hall–Kier alpha value is -2.24. The fraction of sp³-hybridized carbons (Fsp3) is 0.263. The second-order valence-corrected chi connectivity index (χ2v) is 6.97. The predicted octanol–water partition coefficient (Wildman–Crippen LogP) is 4.63. The molecule has 0 saturated carbocycles. The molecule has 0 saturated heterocycles. The summed E-state index contributed by atoms with van der Waals surface area (Å²) < 4.78 is 0. The summed E-state index contributed by atoms with van der Waals surface area (Å²) in [5, 5.41) is 8.85. The Morgan fingerprint density at radius 1 is 0.962 bits per heavy atom. The third-order valence-corrected chi connectivity index (χ3v) is 4.82. The first-order valence-electron chi connectivity index (χ1n) is 8.43. The molecule has 0 heterocycles. The molecular weight excluding hydrogens is 373 g/mol. The van der Waals surface area contributed by atoms with Gasteiger partial charge in [0.1, 0.15) is 0 Å². The summed E-state index contributed by atoms with van der Waals surface area (Å²) in [6.45, 7) is -0.177. The number of urea groups is 1. The van der Waals surface area contributed by atoms with Gasteiger partial charge in [-0.15, -0.1) is 0 Å². The number of carbonyl (C=O) groups is 2. The maximum absolute atomic E-state index is 12.1. The molecule has 1 aliphatic carbocycles. The molecule has 0 atom stereocenters. The number of nitrogens with one attached hydrogen (secondary N) is 3. The molecule has 3 amide bonds. The van der Waals surface area contributed by atoms with Crippen molar-refractivity contribution in [1.82, 2.24) is 5.32 Å². The fourth-order valence-electron chi connectivity index (χ4n) is 3.01. The molecule has 1 aliphatic rings. The Bertz CT molecular complexity index is 840. The second kappa shape index (κ2) is 8.43. The molecule has 0 aliphatic heterocycles. The molecule has 0 unspecified atom stereocenters. The van der Waals surface area contributed by atoms with Crippen LogP contribution in [0.5, 0.6) is 0 Å². The molecule has 0 spiro atoms. The van der Waals surface area contributed by atoms with E-state index in [9.17, 15) is 9.59 Å². The molecule has 2 aromatic carbocycles. The minimum Gasteiger partial charge on any atom is -0.329 e. The van der Waals surface area contributed by atoms with Gasteiger partial charge in [-0.3, -0.25) is 4.79 Å². The van der Waals surface area contributed by atoms with Crippen molar-refractivity contribution in [2.24, 2.45) is 0 Å². The molecule has 0 aromatic heterocycles. The van der Waals surface area contributed by atoms with E-state index in [2.05, 4.69) is 22.0 Å². The highest BCUT2D eigenvalue weighted by molar-refractivity contribution is 6.35. The van der Waals surface area contributed by atoms with Crippen LogP contribution in [0.25, 0.3) is 0 Å². The monoisotopic (exact) mass is 391 g/mol. The lowest BCUT2D eigenvalue weighted by molar-refractivity contribution is -0.115.